The van der Waals surface area contributed by atoms with Crippen LogP contribution in [0.4, 0.5) is 4.79 Å². The highest BCUT2D eigenvalue weighted by molar-refractivity contribution is 7.89. The molecule has 0 aliphatic heterocycles. The number of sulfonamides is 1. The molecule has 0 saturated heterocycles. The Morgan fingerprint density at radius 2 is 1.51 bits per heavy atom. The molecular weight excluding hydrogens is 516 g/mol. The predicted octanol–water partition coefficient (Wildman–Crippen LogP) is 4.92. The summed E-state index contributed by atoms with van der Waals surface area (Å²) in [5.41, 5.74) is 2.60. The molecule has 8 nitrogen and oxygen atoms in total. The lowest BCUT2D eigenvalue weighted by Gasteiger charge is -2.17. The fourth-order valence-corrected chi connectivity index (χ4v) is 4.87. The van der Waals surface area contributed by atoms with E-state index in [0.29, 0.717) is 24.4 Å². The number of carbonyl (C=O) groups is 2. The van der Waals surface area contributed by atoms with Crippen molar-refractivity contribution >= 4 is 33.7 Å². The van der Waals surface area contributed by atoms with Gasteiger partial charge >= 0.3 is 12.1 Å². The van der Waals surface area contributed by atoms with Crippen LogP contribution < -0.4 is 10.0 Å². The first-order valence-electron chi connectivity index (χ1n) is 11.7. The molecule has 0 radical (unpaired) electrons. The van der Waals surface area contributed by atoms with E-state index in [9.17, 15) is 18.0 Å². The summed E-state index contributed by atoms with van der Waals surface area (Å²) in [5.74, 6) is -0.684. The zero-order valence-corrected chi connectivity index (χ0v) is 21.9. The quantitative estimate of drug-likeness (QED) is 0.247. The van der Waals surface area contributed by atoms with Crippen LogP contribution in [0.3, 0.4) is 0 Å². The summed E-state index contributed by atoms with van der Waals surface area (Å²) in [6.07, 6.45) is 0.647. The van der Waals surface area contributed by atoms with Gasteiger partial charge in [0.1, 0.15) is 12.6 Å². The van der Waals surface area contributed by atoms with E-state index in [-0.39, 0.29) is 17.9 Å². The summed E-state index contributed by atoms with van der Waals surface area (Å²) < 4.78 is 38.2. The van der Waals surface area contributed by atoms with E-state index in [1.54, 1.807) is 24.3 Å². The van der Waals surface area contributed by atoms with Gasteiger partial charge in [0.05, 0.1) is 12.0 Å². The van der Waals surface area contributed by atoms with Crippen molar-refractivity contribution in [2.75, 3.05) is 13.7 Å². The van der Waals surface area contributed by atoms with Crippen LogP contribution in [0.1, 0.15) is 24.8 Å². The van der Waals surface area contributed by atoms with E-state index in [2.05, 4.69) is 10.0 Å². The van der Waals surface area contributed by atoms with Gasteiger partial charge in [0, 0.05) is 11.6 Å². The number of benzene rings is 3. The third-order valence-electron chi connectivity index (χ3n) is 5.53. The number of nitrogens with one attached hydrogen (secondary N) is 2. The second-order valence-corrected chi connectivity index (χ2v) is 10.4. The Morgan fingerprint density at radius 3 is 2.14 bits per heavy atom. The molecule has 0 aliphatic rings. The molecule has 0 aromatic heterocycles. The normalized spacial score (nSPS) is 11.9. The summed E-state index contributed by atoms with van der Waals surface area (Å²) >= 11 is 5.92. The summed E-state index contributed by atoms with van der Waals surface area (Å²) in [5, 5.41) is 3.25. The van der Waals surface area contributed by atoms with Gasteiger partial charge in [-0.1, -0.05) is 66.2 Å². The Balaban J connectivity index is 1.48. The van der Waals surface area contributed by atoms with Crippen LogP contribution in [-0.2, 0) is 30.9 Å². The van der Waals surface area contributed by atoms with E-state index in [4.69, 9.17) is 21.1 Å². The van der Waals surface area contributed by atoms with Crippen LogP contribution in [0.15, 0.2) is 83.8 Å². The van der Waals surface area contributed by atoms with Crippen molar-refractivity contribution in [3.63, 3.8) is 0 Å². The molecule has 1 amide bonds. The van der Waals surface area contributed by atoms with Crippen molar-refractivity contribution < 1.29 is 27.5 Å². The van der Waals surface area contributed by atoms with Crippen molar-refractivity contribution in [3.05, 3.63) is 89.4 Å². The Morgan fingerprint density at radius 1 is 0.892 bits per heavy atom. The first-order valence-corrected chi connectivity index (χ1v) is 13.6. The zero-order chi connectivity index (χ0) is 26.7. The summed E-state index contributed by atoms with van der Waals surface area (Å²) in [4.78, 5) is 24.1. The van der Waals surface area contributed by atoms with Crippen molar-refractivity contribution in [1.29, 1.82) is 0 Å². The summed E-state index contributed by atoms with van der Waals surface area (Å²) in [7, 11) is -2.77. The average Bonchev–Trinajstić information content (AvgIpc) is 2.91. The lowest BCUT2D eigenvalue weighted by atomic mass is 10.1. The zero-order valence-electron chi connectivity index (χ0n) is 20.4. The number of halogens is 1. The third-order valence-corrected chi connectivity index (χ3v) is 7.27. The van der Waals surface area contributed by atoms with Gasteiger partial charge in [-0.15, -0.1) is 0 Å². The van der Waals surface area contributed by atoms with E-state index in [0.717, 1.165) is 16.7 Å². The van der Waals surface area contributed by atoms with Gasteiger partial charge in [0.15, 0.2) is 0 Å². The largest absolute Gasteiger partial charge is 0.468 e. The van der Waals surface area contributed by atoms with Gasteiger partial charge in [0.25, 0.3) is 0 Å². The molecular formula is C27H29ClN2O6S. The molecule has 0 aliphatic carbocycles. The highest BCUT2D eigenvalue weighted by Crippen LogP contribution is 2.23. The molecule has 196 valence electrons. The van der Waals surface area contributed by atoms with Gasteiger partial charge in [0.2, 0.25) is 10.0 Å². The molecule has 0 fully saturated rings. The van der Waals surface area contributed by atoms with Crippen molar-refractivity contribution in [1.82, 2.24) is 10.0 Å². The molecule has 1 atom stereocenters. The second kappa shape index (κ2) is 13.8. The van der Waals surface area contributed by atoms with Gasteiger partial charge in [-0.2, -0.15) is 4.72 Å². The van der Waals surface area contributed by atoms with E-state index in [1.165, 1.54) is 19.2 Å². The highest BCUT2D eigenvalue weighted by Gasteiger charge is 2.26. The maximum atomic E-state index is 12.9. The van der Waals surface area contributed by atoms with E-state index in [1.807, 2.05) is 42.5 Å². The fourth-order valence-electron chi connectivity index (χ4n) is 3.53. The van der Waals surface area contributed by atoms with Gasteiger partial charge in [-0.25, -0.2) is 13.2 Å². The Labute approximate surface area is 222 Å². The number of alkyl carbamates (subject to hydrolysis) is 1. The standard InChI is InChI=1S/C27H29ClN2O6S/c1-35-26(31)25(9-5-6-18-29-27(32)36-19-20-7-3-2-4-8-20)30-37(33,34)24-16-12-22(13-17-24)21-10-14-23(28)15-11-21/h2-4,7-8,10-17,25,30H,5-6,9,18-19H2,1H3,(H,29,32)/t25-/m1/s1. The van der Waals surface area contributed by atoms with Crippen LogP contribution in [0.2, 0.25) is 5.02 Å². The van der Waals surface area contributed by atoms with Crippen molar-refractivity contribution in [3.8, 4) is 11.1 Å². The molecule has 0 heterocycles. The molecule has 37 heavy (non-hydrogen) atoms. The lowest BCUT2D eigenvalue weighted by molar-refractivity contribution is -0.142. The van der Waals surface area contributed by atoms with Gasteiger partial charge in [-0.05, 0) is 60.2 Å². The number of methoxy groups -OCH3 is 1. The number of carbonyl (C=O) groups excluding carboxylic acids is 2. The number of unbranched alkanes of at least 4 members (excludes halogenated alkanes) is 1. The Hall–Kier alpha value is -3.40. The minimum absolute atomic E-state index is 0.0296. The minimum Gasteiger partial charge on any atom is -0.468 e. The number of amides is 1. The molecule has 10 heteroatoms. The Kier molecular flexibility index (Phi) is 10.5. The Bertz CT molecular complexity index is 1270. The third kappa shape index (κ3) is 8.89. The smallest absolute Gasteiger partial charge is 0.407 e. The topological polar surface area (TPSA) is 111 Å². The molecule has 3 aromatic rings. The van der Waals surface area contributed by atoms with Gasteiger partial charge < -0.3 is 14.8 Å². The monoisotopic (exact) mass is 544 g/mol. The maximum absolute atomic E-state index is 12.9. The van der Waals surface area contributed by atoms with Crippen LogP contribution in [0, 0.1) is 0 Å². The number of hydrogen-bond acceptors (Lipinski definition) is 6. The van der Waals surface area contributed by atoms with Crippen LogP contribution in [0.5, 0.6) is 0 Å². The number of rotatable bonds is 12. The predicted molar refractivity (Wildman–Crippen MR) is 141 cm³/mol. The van der Waals surface area contributed by atoms with Crippen LogP contribution in [0.25, 0.3) is 11.1 Å². The first kappa shape index (κ1) is 28.2. The van der Waals surface area contributed by atoms with Gasteiger partial charge in [-0.3, -0.25) is 4.79 Å². The minimum atomic E-state index is -3.97. The summed E-state index contributed by atoms with van der Waals surface area (Å²) in [6, 6.07) is 21.8. The van der Waals surface area contributed by atoms with E-state index < -0.39 is 28.1 Å². The molecule has 2 N–H and O–H groups in total. The van der Waals surface area contributed by atoms with Crippen molar-refractivity contribution in [2.45, 2.75) is 36.8 Å². The number of hydrogen-bond donors (Lipinski definition) is 2. The summed E-state index contributed by atoms with van der Waals surface area (Å²) in [6.45, 7) is 0.486. The number of esters is 1. The first-order chi connectivity index (χ1) is 17.8. The van der Waals surface area contributed by atoms with Crippen LogP contribution >= 0.6 is 11.6 Å². The SMILES string of the molecule is COC(=O)[C@@H](CCCCNC(=O)OCc1ccccc1)NS(=O)(=O)c1ccc(-c2ccc(Cl)cc2)cc1. The van der Waals surface area contributed by atoms with Crippen molar-refractivity contribution in [2.24, 2.45) is 0 Å². The molecule has 3 aromatic carbocycles. The van der Waals surface area contributed by atoms with E-state index >= 15 is 0 Å². The second-order valence-electron chi connectivity index (χ2n) is 8.21. The number of ether oxygens (including phenoxy) is 2. The molecule has 3 rings (SSSR count). The molecule has 0 bridgehead atoms. The molecule has 0 unspecified atom stereocenters. The lowest BCUT2D eigenvalue weighted by Crippen LogP contribution is -2.41. The van der Waals surface area contributed by atoms with Crippen LogP contribution in [-0.4, -0.2) is 40.2 Å². The molecule has 0 saturated carbocycles. The average molecular weight is 545 g/mol. The maximum Gasteiger partial charge on any atom is 0.407 e. The fraction of sp³-hybridized carbons (Fsp3) is 0.259. The highest BCUT2D eigenvalue weighted by atomic mass is 35.5. The molecule has 0 spiro atoms.